The molecule has 0 bridgehead atoms. The molecule has 5 nitrogen and oxygen atoms in total. The molecule has 0 saturated heterocycles. The van der Waals surface area contributed by atoms with Gasteiger partial charge < -0.3 is 20.5 Å². The highest BCUT2D eigenvalue weighted by molar-refractivity contribution is 5.42. The van der Waals surface area contributed by atoms with Gasteiger partial charge in [0.15, 0.2) is 0 Å². The van der Waals surface area contributed by atoms with Gasteiger partial charge in [-0.1, -0.05) is 0 Å². The van der Waals surface area contributed by atoms with Gasteiger partial charge >= 0.3 is 0 Å². The van der Waals surface area contributed by atoms with Gasteiger partial charge in [0.25, 0.3) is 0 Å². The van der Waals surface area contributed by atoms with Crippen molar-refractivity contribution in [2.45, 2.75) is 19.4 Å². The number of aromatic nitrogens is 1. The van der Waals surface area contributed by atoms with Crippen molar-refractivity contribution in [3.63, 3.8) is 0 Å². The molecule has 0 aliphatic rings. The van der Waals surface area contributed by atoms with Crippen molar-refractivity contribution in [3.05, 3.63) is 23.4 Å². The van der Waals surface area contributed by atoms with E-state index in [4.69, 9.17) is 15.2 Å². The standard InChI is InChI=1S/C13H23N3O2/c1-10-8-11(13(14)16-9-10)12(15-2)4-5-18-7-6-17-3/h8-9,12,15H,4-7H2,1-3H3,(H2,14,16). The number of nitrogen functional groups attached to an aromatic ring is 1. The van der Waals surface area contributed by atoms with Crippen molar-refractivity contribution in [2.75, 3.05) is 39.7 Å². The number of methoxy groups -OCH3 is 1. The molecule has 0 radical (unpaired) electrons. The summed E-state index contributed by atoms with van der Waals surface area (Å²) in [6.45, 7) is 3.92. The van der Waals surface area contributed by atoms with Crippen molar-refractivity contribution >= 4 is 5.82 Å². The molecule has 0 aliphatic carbocycles. The Morgan fingerprint density at radius 2 is 2.17 bits per heavy atom. The van der Waals surface area contributed by atoms with Gasteiger partial charge in [-0.15, -0.1) is 0 Å². The molecule has 18 heavy (non-hydrogen) atoms. The summed E-state index contributed by atoms with van der Waals surface area (Å²) in [5, 5.41) is 3.25. The number of hydrogen-bond donors (Lipinski definition) is 2. The molecule has 0 saturated carbocycles. The maximum absolute atomic E-state index is 5.91. The molecule has 0 aromatic carbocycles. The number of ether oxygens (including phenoxy) is 2. The summed E-state index contributed by atoms with van der Waals surface area (Å²) >= 11 is 0. The molecule has 1 aromatic rings. The van der Waals surface area contributed by atoms with Crippen molar-refractivity contribution in [1.82, 2.24) is 10.3 Å². The van der Waals surface area contributed by atoms with Crippen LogP contribution in [0.15, 0.2) is 12.3 Å². The highest BCUT2D eigenvalue weighted by atomic mass is 16.5. The zero-order valence-electron chi connectivity index (χ0n) is 11.4. The van der Waals surface area contributed by atoms with Gasteiger partial charge in [-0.05, 0) is 32.0 Å². The van der Waals surface area contributed by atoms with Crippen LogP contribution < -0.4 is 11.1 Å². The number of aryl methyl sites for hydroxylation is 1. The fourth-order valence-electron chi connectivity index (χ4n) is 1.78. The van der Waals surface area contributed by atoms with Gasteiger partial charge in [0, 0.05) is 31.5 Å². The van der Waals surface area contributed by atoms with Crippen LogP contribution in [0.1, 0.15) is 23.6 Å². The second-order valence-corrected chi connectivity index (χ2v) is 4.22. The van der Waals surface area contributed by atoms with Gasteiger partial charge in [-0.3, -0.25) is 0 Å². The Labute approximate surface area is 109 Å². The fourth-order valence-corrected chi connectivity index (χ4v) is 1.78. The zero-order valence-corrected chi connectivity index (χ0v) is 11.4. The molecule has 1 heterocycles. The predicted molar refractivity (Wildman–Crippen MR) is 72.5 cm³/mol. The van der Waals surface area contributed by atoms with E-state index < -0.39 is 0 Å². The van der Waals surface area contributed by atoms with Crippen LogP contribution in [0.2, 0.25) is 0 Å². The lowest BCUT2D eigenvalue weighted by molar-refractivity contribution is 0.0661. The first-order valence-electron chi connectivity index (χ1n) is 6.15. The van der Waals surface area contributed by atoms with E-state index >= 15 is 0 Å². The largest absolute Gasteiger partial charge is 0.383 e. The Morgan fingerprint density at radius 1 is 1.39 bits per heavy atom. The molecule has 0 amide bonds. The molecule has 0 spiro atoms. The van der Waals surface area contributed by atoms with E-state index in [2.05, 4.69) is 16.4 Å². The number of nitrogens with one attached hydrogen (secondary N) is 1. The Kier molecular flexibility index (Phi) is 6.64. The molecular weight excluding hydrogens is 230 g/mol. The van der Waals surface area contributed by atoms with Crippen LogP contribution in [0.3, 0.4) is 0 Å². The average molecular weight is 253 g/mol. The summed E-state index contributed by atoms with van der Waals surface area (Å²) in [6.07, 6.45) is 2.64. The number of pyridine rings is 1. The fraction of sp³-hybridized carbons (Fsp3) is 0.615. The lowest BCUT2D eigenvalue weighted by Gasteiger charge is -2.18. The normalized spacial score (nSPS) is 12.6. The smallest absolute Gasteiger partial charge is 0.128 e. The van der Waals surface area contributed by atoms with Crippen molar-refractivity contribution in [1.29, 1.82) is 0 Å². The third-order valence-electron chi connectivity index (χ3n) is 2.79. The van der Waals surface area contributed by atoms with Crippen LogP contribution >= 0.6 is 0 Å². The number of hydrogen-bond acceptors (Lipinski definition) is 5. The molecule has 0 aliphatic heterocycles. The Bertz CT molecular complexity index is 358. The SMILES string of the molecule is CNC(CCOCCOC)c1cc(C)cnc1N. The summed E-state index contributed by atoms with van der Waals surface area (Å²) in [7, 11) is 3.58. The molecule has 0 fully saturated rings. The van der Waals surface area contributed by atoms with E-state index in [0.29, 0.717) is 25.6 Å². The number of nitrogens with two attached hydrogens (primary N) is 1. The second-order valence-electron chi connectivity index (χ2n) is 4.22. The van der Waals surface area contributed by atoms with E-state index in [9.17, 15) is 0 Å². The quantitative estimate of drug-likeness (QED) is 0.683. The topological polar surface area (TPSA) is 69.4 Å². The van der Waals surface area contributed by atoms with Gasteiger partial charge in [0.1, 0.15) is 5.82 Å². The molecule has 1 aromatic heterocycles. The summed E-state index contributed by atoms with van der Waals surface area (Å²) in [5.41, 5.74) is 8.05. The minimum Gasteiger partial charge on any atom is -0.383 e. The molecule has 1 atom stereocenters. The van der Waals surface area contributed by atoms with Crippen molar-refractivity contribution < 1.29 is 9.47 Å². The van der Waals surface area contributed by atoms with E-state index in [1.165, 1.54) is 0 Å². The summed E-state index contributed by atoms with van der Waals surface area (Å²) in [6, 6.07) is 2.23. The lowest BCUT2D eigenvalue weighted by atomic mass is 10.0. The average Bonchev–Trinajstić information content (AvgIpc) is 2.37. The second kappa shape index (κ2) is 8.02. The van der Waals surface area contributed by atoms with E-state index in [0.717, 1.165) is 17.5 Å². The molecule has 3 N–H and O–H groups in total. The summed E-state index contributed by atoms with van der Waals surface area (Å²) < 4.78 is 10.4. The van der Waals surface area contributed by atoms with Gasteiger partial charge in [0.05, 0.1) is 13.2 Å². The molecule has 102 valence electrons. The first-order valence-corrected chi connectivity index (χ1v) is 6.15. The third-order valence-corrected chi connectivity index (χ3v) is 2.79. The monoisotopic (exact) mass is 253 g/mol. The maximum Gasteiger partial charge on any atom is 0.128 e. The van der Waals surface area contributed by atoms with Crippen LogP contribution in [-0.2, 0) is 9.47 Å². The molecule has 1 unspecified atom stereocenters. The van der Waals surface area contributed by atoms with Gasteiger partial charge in [-0.25, -0.2) is 4.98 Å². The highest BCUT2D eigenvalue weighted by Gasteiger charge is 2.13. The van der Waals surface area contributed by atoms with Crippen molar-refractivity contribution in [3.8, 4) is 0 Å². The molecule has 1 rings (SSSR count). The first kappa shape index (κ1) is 14.9. The first-order chi connectivity index (χ1) is 8.69. The number of rotatable bonds is 8. The van der Waals surface area contributed by atoms with Gasteiger partial charge in [0.2, 0.25) is 0 Å². The Morgan fingerprint density at radius 3 is 2.83 bits per heavy atom. The van der Waals surface area contributed by atoms with Crippen LogP contribution in [0, 0.1) is 6.92 Å². The molecule has 5 heteroatoms. The zero-order chi connectivity index (χ0) is 13.4. The number of anilines is 1. The third kappa shape index (κ3) is 4.60. The highest BCUT2D eigenvalue weighted by Crippen LogP contribution is 2.22. The van der Waals surface area contributed by atoms with Crippen LogP contribution in [-0.4, -0.2) is 39.0 Å². The van der Waals surface area contributed by atoms with Gasteiger partial charge in [-0.2, -0.15) is 0 Å². The summed E-state index contributed by atoms with van der Waals surface area (Å²) in [5.74, 6) is 0.580. The number of nitrogens with zero attached hydrogens (tertiary/aromatic N) is 1. The minimum absolute atomic E-state index is 0.167. The lowest BCUT2D eigenvalue weighted by Crippen LogP contribution is -2.20. The van der Waals surface area contributed by atoms with Crippen molar-refractivity contribution in [2.24, 2.45) is 0 Å². The van der Waals surface area contributed by atoms with Crippen LogP contribution in [0.25, 0.3) is 0 Å². The molecular formula is C13H23N3O2. The Hall–Kier alpha value is -1.17. The Balaban J connectivity index is 2.52. The van der Waals surface area contributed by atoms with E-state index in [-0.39, 0.29) is 6.04 Å². The van der Waals surface area contributed by atoms with Crippen LogP contribution in [0.4, 0.5) is 5.82 Å². The van der Waals surface area contributed by atoms with E-state index in [1.54, 1.807) is 13.3 Å². The van der Waals surface area contributed by atoms with Crippen LogP contribution in [0.5, 0.6) is 0 Å². The maximum atomic E-state index is 5.91. The minimum atomic E-state index is 0.167. The summed E-state index contributed by atoms with van der Waals surface area (Å²) in [4.78, 5) is 4.18. The van der Waals surface area contributed by atoms with E-state index in [1.807, 2.05) is 14.0 Å². The predicted octanol–water partition coefficient (Wildman–Crippen LogP) is 1.29.